The van der Waals surface area contributed by atoms with Crippen molar-refractivity contribution in [2.75, 3.05) is 11.4 Å². The predicted octanol–water partition coefficient (Wildman–Crippen LogP) is 5.04. The van der Waals surface area contributed by atoms with Crippen molar-refractivity contribution in [3.05, 3.63) is 78.5 Å². The van der Waals surface area contributed by atoms with Gasteiger partial charge >= 0.3 is 0 Å². The van der Waals surface area contributed by atoms with Gasteiger partial charge in [0.05, 0.1) is 0 Å². The fourth-order valence-electron chi connectivity index (χ4n) is 3.41. The van der Waals surface area contributed by atoms with Gasteiger partial charge in [-0.2, -0.15) is 0 Å². The highest BCUT2D eigenvalue weighted by molar-refractivity contribution is 5.88. The van der Waals surface area contributed by atoms with E-state index in [1.165, 1.54) is 33.4 Å². The van der Waals surface area contributed by atoms with Crippen molar-refractivity contribution in [1.82, 2.24) is 4.57 Å². The zero-order valence-electron chi connectivity index (χ0n) is 13.5. The molecule has 23 heavy (non-hydrogen) atoms. The Hall–Kier alpha value is -2.74. The van der Waals surface area contributed by atoms with E-state index in [2.05, 4.69) is 96.4 Å². The summed E-state index contributed by atoms with van der Waals surface area (Å²) in [5.74, 6) is 0. The number of fused-ring (bicyclic) bond motifs is 1. The maximum Gasteiger partial charge on any atom is 0.0492 e. The van der Waals surface area contributed by atoms with Crippen LogP contribution >= 0.6 is 0 Å². The van der Waals surface area contributed by atoms with Gasteiger partial charge in [-0.05, 0) is 36.8 Å². The van der Waals surface area contributed by atoms with Crippen LogP contribution in [-0.2, 0) is 7.05 Å². The topological polar surface area (TPSA) is 8.17 Å². The molecule has 0 atom stereocenters. The molecule has 0 N–H and O–H groups in total. The summed E-state index contributed by atoms with van der Waals surface area (Å²) in [6, 6.07) is 17.4. The predicted molar refractivity (Wildman–Crippen MR) is 98.7 cm³/mol. The van der Waals surface area contributed by atoms with Gasteiger partial charge in [-0.15, -0.1) is 0 Å². The molecule has 1 aliphatic heterocycles. The molecule has 1 aromatic heterocycles. The number of allylic oxidation sites excluding steroid dienone is 2. The second kappa shape index (κ2) is 5.47. The highest BCUT2D eigenvalue weighted by Gasteiger charge is 2.14. The lowest BCUT2D eigenvalue weighted by Crippen LogP contribution is -2.18. The van der Waals surface area contributed by atoms with Crippen LogP contribution in [0.3, 0.4) is 0 Å². The molecule has 2 heterocycles. The lowest BCUT2D eigenvalue weighted by atomic mass is 10.0. The van der Waals surface area contributed by atoms with Crippen LogP contribution in [0.4, 0.5) is 5.69 Å². The van der Waals surface area contributed by atoms with Crippen molar-refractivity contribution >= 4 is 16.6 Å². The summed E-state index contributed by atoms with van der Waals surface area (Å²) >= 11 is 0. The molecule has 4 rings (SSSR count). The molecule has 0 saturated carbocycles. The molecule has 114 valence electrons. The van der Waals surface area contributed by atoms with Crippen molar-refractivity contribution in [3.8, 4) is 11.3 Å². The number of para-hydroxylation sites is 1. The third kappa shape index (κ3) is 2.27. The van der Waals surface area contributed by atoms with Gasteiger partial charge in [0.25, 0.3) is 0 Å². The molecule has 0 spiro atoms. The van der Waals surface area contributed by atoms with Crippen molar-refractivity contribution in [3.63, 3.8) is 0 Å². The van der Waals surface area contributed by atoms with Gasteiger partial charge in [-0.3, -0.25) is 0 Å². The number of nitrogens with zero attached hydrogens (tertiary/aromatic N) is 2. The molecule has 2 heteroatoms. The largest absolute Gasteiger partial charge is 0.344 e. The summed E-state index contributed by atoms with van der Waals surface area (Å²) in [6.07, 6.45) is 8.52. The van der Waals surface area contributed by atoms with Gasteiger partial charge in [-0.1, -0.05) is 42.5 Å². The molecule has 2 aromatic carbocycles. The summed E-state index contributed by atoms with van der Waals surface area (Å²) in [5.41, 5.74) is 6.42. The summed E-state index contributed by atoms with van der Waals surface area (Å²) < 4.78 is 2.29. The Morgan fingerprint density at radius 1 is 0.957 bits per heavy atom. The third-order valence-corrected chi connectivity index (χ3v) is 4.66. The number of rotatable bonds is 2. The van der Waals surface area contributed by atoms with Crippen molar-refractivity contribution < 1.29 is 0 Å². The molecule has 3 aromatic rings. The molecule has 2 nitrogen and oxygen atoms in total. The van der Waals surface area contributed by atoms with Crippen LogP contribution in [0, 0.1) is 6.92 Å². The number of anilines is 1. The van der Waals surface area contributed by atoms with Gasteiger partial charge < -0.3 is 9.47 Å². The normalized spacial score (nSPS) is 13.9. The van der Waals surface area contributed by atoms with Gasteiger partial charge in [0.2, 0.25) is 0 Å². The maximum absolute atomic E-state index is 2.29. The van der Waals surface area contributed by atoms with E-state index in [0.29, 0.717) is 0 Å². The highest BCUT2D eigenvalue weighted by atomic mass is 15.1. The number of hydrogen-bond donors (Lipinski definition) is 0. The van der Waals surface area contributed by atoms with Crippen LogP contribution in [0.5, 0.6) is 0 Å². The van der Waals surface area contributed by atoms with Crippen LogP contribution < -0.4 is 4.90 Å². The Balaban J connectivity index is 1.87. The summed E-state index contributed by atoms with van der Waals surface area (Å²) in [7, 11) is 2.15. The monoisotopic (exact) mass is 300 g/mol. The third-order valence-electron chi connectivity index (χ3n) is 4.66. The summed E-state index contributed by atoms with van der Waals surface area (Å²) in [4.78, 5) is 2.29. The zero-order valence-corrected chi connectivity index (χ0v) is 13.5. The van der Waals surface area contributed by atoms with Gasteiger partial charge in [-0.25, -0.2) is 0 Å². The van der Waals surface area contributed by atoms with Crippen molar-refractivity contribution in [1.29, 1.82) is 0 Å². The first-order valence-corrected chi connectivity index (χ1v) is 8.00. The standard InChI is InChI=1S/C21H20N2/c1-16-18(10-8-12-19(16)23-13-6-3-7-14-23)21-15-17-9-4-5-11-20(17)22(21)2/h3-13,15H,14H2,1-2H3. The zero-order chi connectivity index (χ0) is 15.8. The van der Waals surface area contributed by atoms with E-state index in [1.54, 1.807) is 0 Å². The number of aromatic nitrogens is 1. The molecule has 0 amide bonds. The number of hydrogen-bond acceptors (Lipinski definition) is 1. The van der Waals surface area contributed by atoms with E-state index < -0.39 is 0 Å². The van der Waals surface area contributed by atoms with Gasteiger partial charge in [0.15, 0.2) is 0 Å². The van der Waals surface area contributed by atoms with Gasteiger partial charge in [0, 0.05) is 47.6 Å². The van der Waals surface area contributed by atoms with Crippen LogP contribution in [0.1, 0.15) is 5.56 Å². The molecule has 0 aliphatic carbocycles. The second-order valence-corrected chi connectivity index (χ2v) is 6.02. The molecule has 0 bridgehead atoms. The SMILES string of the molecule is Cc1c(-c2cc3ccccc3n2C)cccc1N1C=CC=CC1. The molecule has 1 aliphatic rings. The van der Waals surface area contributed by atoms with Crippen molar-refractivity contribution in [2.24, 2.45) is 7.05 Å². The minimum Gasteiger partial charge on any atom is -0.344 e. The Morgan fingerprint density at radius 3 is 2.61 bits per heavy atom. The highest BCUT2D eigenvalue weighted by Crippen LogP contribution is 2.34. The lowest BCUT2D eigenvalue weighted by Gasteiger charge is -2.24. The average Bonchev–Trinajstić information content (AvgIpc) is 2.93. The molecule has 0 unspecified atom stereocenters. The second-order valence-electron chi connectivity index (χ2n) is 6.02. The Bertz CT molecular complexity index is 928. The molecule has 0 fully saturated rings. The maximum atomic E-state index is 2.29. The van der Waals surface area contributed by atoms with Gasteiger partial charge in [0.1, 0.15) is 0 Å². The fraction of sp³-hybridized carbons (Fsp3) is 0.143. The quantitative estimate of drug-likeness (QED) is 0.643. The first-order valence-electron chi connectivity index (χ1n) is 8.00. The minimum absolute atomic E-state index is 0.926. The van der Waals surface area contributed by atoms with E-state index in [-0.39, 0.29) is 0 Å². The Kier molecular flexibility index (Phi) is 3.30. The van der Waals surface area contributed by atoms with Crippen LogP contribution in [0.25, 0.3) is 22.2 Å². The van der Waals surface area contributed by atoms with E-state index >= 15 is 0 Å². The Labute approximate surface area is 137 Å². The van der Waals surface area contributed by atoms with E-state index in [0.717, 1.165) is 6.54 Å². The first kappa shape index (κ1) is 13.9. The lowest BCUT2D eigenvalue weighted by molar-refractivity contribution is 0.975. The summed E-state index contributed by atoms with van der Waals surface area (Å²) in [5, 5.41) is 1.29. The Morgan fingerprint density at radius 2 is 1.83 bits per heavy atom. The number of benzene rings is 2. The molecule has 0 radical (unpaired) electrons. The first-order chi connectivity index (χ1) is 11.3. The number of aryl methyl sites for hydroxylation is 1. The van der Waals surface area contributed by atoms with Crippen LogP contribution in [-0.4, -0.2) is 11.1 Å². The molecular weight excluding hydrogens is 280 g/mol. The van der Waals surface area contributed by atoms with E-state index in [9.17, 15) is 0 Å². The van der Waals surface area contributed by atoms with E-state index in [4.69, 9.17) is 0 Å². The van der Waals surface area contributed by atoms with Crippen molar-refractivity contribution in [2.45, 2.75) is 6.92 Å². The summed E-state index contributed by atoms with van der Waals surface area (Å²) in [6.45, 7) is 3.14. The molecule has 0 saturated heterocycles. The average molecular weight is 300 g/mol. The smallest absolute Gasteiger partial charge is 0.0492 e. The fourth-order valence-corrected chi connectivity index (χ4v) is 3.41. The van der Waals surface area contributed by atoms with E-state index in [1.807, 2.05) is 0 Å². The van der Waals surface area contributed by atoms with Crippen LogP contribution in [0.2, 0.25) is 0 Å². The minimum atomic E-state index is 0.926. The molecular formula is C21H20N2. The van der Waals surface area contributed by atoms with Crippen LogP contribution in [0.15, 0.2) is 73.0 Å².